The minimum Gasteiger partial charge on any atom is -0.383 e. The predicted octanol–water partition coefficient (Wildman–Crippen LogP) is -0.0200. The molecule has 1 unspecified atom stereocenters. The van der Waals surface area contributed by atoms with Crippen molar-refractivity contribution < 1.29 is 9.53 Å². The van der Waals surface area contributed by atoms with E-state index in [4.69, 9.17) is 10.5 Å². The van der Waals surface area contributed by atoms with Gasteiger partial charge in [0.1, 0.15) is 11.5 Å². The Bertz CT molecular complexity index is 482. The number of aromatic nitrogens is 2. The fourth-order valence-corrected chi connectivity index (χ4v) is 2.62. The zero-order valence-electron chi connectivity index (χ0n) is 12.7. The van der Waals surface area contributed by atoms with Gasteiger partial charge in [0, 0.05) is 33.8 Å². The van der Waals surface area contributed by atoms with Gasteiger partial charge in [-0.15, -0.1) is 0 Å². The van der Waals surface area contributed by atoms with Crippen LogP contribution in [0.5, 0.6) is 0 Å². The summed E-state index contributed by atoms with van der Waals surface area (Å²) in [6.07, 6.45) is 4.21. The van der Waals surface area contributed by atoms with Crippen LogP contribution < -0.4 is 10.6 Å². The van der Waals surface area contributed by atoms with Crippen molar-refractivity contribution >= 4 is 11.7 Å². The molecule has 116 valence electrons. The van der Waals surface area contributed by atoms with Gasteiger partial charge >= 0.3 is 0 Å². The maximum atomic E-state index is 11.1. The van der Waals surface area contributed by atoms with Crippen LogP contribution in [0.15, 0.2) is 12.4 Å². The van der Waals surface area contributed by atoms with Crippen LogP contribution in [0.25, 0.3) is 0 Å². The summed E-state index contributed by atoms with van der Waals surface area (Å²) in [5.74, 6) is 0.719. The number of rotatable bonds is 7. The average molecular weight is 293 g/mol. The van der Waals surface area contributed by atoms with Crippen molar-refractivity contribution in [3.63, 3.8) is 0 Å². The maximum absolute atomic E-state index is 11.1. The van der Waals surface area contributed by atoms with Gasteiger partial charge in [-0.05, 0) is 18.9 Å². The first kappa shape index (κ1) is 15.7. The summed E-state index contributed by atoms with van der Waals surface area (Å²) < 4.78 is 5.11. The Kier molecular flexibility index (Phi) is 5.46. The van der Waals surface area contributed by atoms with Crippen molar-refractivity contribution in [3.8, 4) is 0 Å². The van der Waals surface area contributed by atoms with E-state index >= 15 is 0 Å². The molecular formula is C14H23N5O2. The summed E-state index contributed by atoms with van der Waals surface area (Å²) in [6.45, 7) is 4.81. The first-order chi connectivity index (χ1) is 10.1. The third-order valence-electron chi connectivity index (χ3n) is 3.78. The third-order valence-corrected chi connectivity index (χ3v) is 3.78. The molecule has 2 heterocycles. The number of nitrogens with zero attached hydrogens (tertiary/aromatic N) is 4. The molecule has 0 aromatic carbocycles. The van der Waals surface area contributed by atoms with E-state index < -0.39 is 5.91 Å². The van der Waals surface area contributed by atoms with Gasteiger partial charge in [0.15, 0.2) is 0 Å². The molecule has 1 aromatic rings. The van der Waals surface area contributed by atoms with Crippen LogP contribution in [0, 0.1) is 5.92 Å². The molecule has 2 rings (SSSR count). The van der Waals surface area contributed by atoms with Gasteiger partial charge in [0.25, 0.3) is 5.91 Å². The Hall–Kier alpha value is -1.73. The highest BCUT2D eigenvalue weighted by Crippen LogP contribution is 2.19. The lowest BCUT2D eigenvalue weighted by atomic mass is 10.1. The monoisotopic (exact) mass is 293 g/mol. The van der Waals surface area contributed by atoms with Crippen molar-refractivity contribution in [2.45, 2.75) is 6.42 Å². The van der Waals surface area contributed by atoms with Gasteiger partial charge in [-0.3, -0.25) is 9.78 Å². The fraction of sp³-hybridized carbons (Fsp3) is 0.643. The van der Waals surface area contributed by atoms with Gasteiger partial charge in [0.2, 0.25) is 0 Å². The number of ether oxygens (including phenoxy) is 1. The summed E-state index contributed by atoms with van der Waals surface area (Å²) in [6, 6.07) is 0. The Morgan fingerprint density at radius 3 is 3.10 bits per heavy atom. The molecule has 1 aliphatic rings. The molecule has 7 nitrogen and oxygen atoms in total. The van der Waals surface area contributed by atoms with Crippen LogP contribution in [0.3, 0.4) is 0 Å². The number of primary amides is 1. The predicted molar refractivity (Wildman–Crippen MR) is 80.2 cm³/mol. The Balaban J connectivity index is 1.88. The summed E-state index contributed by atoms with van der Waals surface area (Å²) in [5.41, 5.74) is 5.43. The van der Waals surface area contributed by atoms with Crippen molar-refractivity contribution in [2.24, 2.45) is 11.7 Å². The summed E-state index contributed by atoms with van der Waals surface area (Å²) in [7, 11) is 3.69. The van der Waals surface area contributed by atoms with E-state index in [-0.39, 0.29) is 5.69 Å². The van der Waals surface area contributed by atoms with E-state index in [0.717, 1.165) is 39.2 Å². The number of carbonyl (C=O) groups is 1. The van der Waals surface area contributed by atoms with Crippen LogP contribution >= 0.6 is 0 Å². The molecule has 0 bridgehead atoms. The molecule has 1 aliphatic heterocycles. The topological polar surface area (TPSA) is 84.6 Å². The molecule has 1 amide bonds. The molecule has 0 radical (unpaired) electrons. The maximum Gasteiger partial charge on any atom is 0.268 e. The van der Waals surface area contributed by atoms with Crippen LogP contribution in [0.2, 0.25) is 0 Å². The highest BCUT2D eigenvalue weighted by molar-refractivity contribution is 5.90. The zero-order chi connectivity index (χ0) is 15.2. The number of hydrogen-bond acceptors (Lipinski definition) is 6. The van der Waals surface area contributed by atoms with Crippen molar-refractivity contribution in [1.29, 1.82) is 0 Å². The van der Waals surface area contributed by atoms with E-state index in [9.17, 15) is 4.79 Å². The zero-order valence-corrected chi connectivity index (χ0v) is 12.7. The van der Waals surface area contributed by atoms with Crippen molar-refractivity contribution in [3.05, 3.63) is 18.1 Å². The smallest absolute Gasteiger partial charge is 0.268 e. The number of hydrogen-bond donors (Lipinski definition) is 1. The van der Waals surface area contributed by atoms with E-state index in [1.807, 2.05) is 11.9 Å². The number of amides is 1. The Morgan fingerprint density at radius 1 is 1.57 bits per heavy atom. The standard InChI is InChI=1S/C14H23N5O2/c1-18(13-8-16-7-12(17-13)14(15)20)9-11-3-4-19(10-11)5-6-21-2/h7-8,11H,3-6,9-10H2,1-2H3,(H2,15,20). The molecule has 2 N–H and O–H groups in total. The number of carbonyl (C=O) groups excluding carboxylic acids is 1. The summed E-state index contributed by atoms with van der Waals surface area (Å²) in [5, 5.41) is 0. The van der Waals surface area contributed by atoms with Gasteiger partial charge in [-0.25, -0.2) is 4.98 Å². The molecule has 1 saturated heterocycles. The highest BCUT2D eigenvalue weighted by atomic mass is 16.5. The second-order valence-electron chi connectivity index (χ2n) is 5.46. The van der Waals surface area contributed by atoms with Gasteiger partial charge in [0.05, 0.1) is 19.0 Å². The molecule has 21 heavy (non-hydrogen) atoms. The Labute approximate surface area is 125 Å². The van der Waals surface area contributed by atoms with Crippen LogP contribution in [-0.4, -0.2) is 67.7 Å². The second kappa shape index (κ2) is 7.33. The molecule has 0 saturated carbocycles. The van der Waals surface area contributed by atoms with Crippen molar-refractivity contribution in [2.75, 3.05) is 51.8 Å². The van der Waals surface area contributed by atoms with E-state index in [0.29, 0.717) is 11.7 Å². The molecule has 0 spiro atoms. The largest absolute Gasteiger partial charge is 0.383 e. The minimum absolute atomic E-state index is 0.201. The molecule has 1 aromatic heterocycles. The average Bonchev–Trinajstić information content (AvgIpc) is 2.92. The first-order valence-electron chi connectivity index (χ1n) is 7.14. The lowest BCUT2D eigenvalue weighted by Crippen LogP contribution is -2.30. The number of methoxy groups -OCH3 is 1. The SMILES string of the molecule is COCCN1CCC(CN(C)c2cncc(C(N)=O)n2)C1. The molecular weight excluding hydrogens is 270 g/mol. The fourth-order valence-electron chi connectivity index (χ4n) is 2.62. The summed E-state index contributed by atoms with van der Waals surface area (Å²) >= 11 is 0. The quantitative estimate of drug-likeness (QED) is 0.760. The molecule has 1 fully saturated rings. The van der Waals surface area contributed by atoms with Gasteiger partial charge in [-0.2, -0.15) is 0 Å². The highest BCUT2D eigenvalue weighted by Gasteiger charge is 2.23. The van der Waals surface area contributed by atoms with E-state index in [1.54, 1.807) is 13.3 Å². The van der Waals surface area contributed by atoms with E-state index in [2.05, 4.69) is 14.9 Å². The van der Waals surface area contributed by atoms with Crippen LogP contribution in [0.1, 0.15) is 16.9 Å². The second-order valence-corrected chi connectivity index (χ2v) is 5.46. The summed E-state index contributed by atoms with van der Waals surface area (Å²) in [4.78, 5) is 23.9. The number of nitrogens with two attached hydrogens (primary N) is 1. The lowest BCUT2D eigenvalue weighted by Gasteiger charge is -2.22. The molecule has 7 heteroatoms. The van der Waals surface area contributed by atoms with Gasteiger partial charge in [-0.1, -0.05) is 0 Å². The lowest BCUT2D eigenvalue weighted by molar-refractivity contribution is 0.0995. The van der Waals surface area contributed by atoms with Gasteiger partial charge < -0.3 is 20.3 Å². The first-order valence-corrected chi connectivity index (χ1v) is 7.14. The third kappa shape index (κ3) is 4.37. The minimum atomic E-state index is -0.552. The van der Waals surface area contributed by atoms with Crippen LogP contribution in [-0.2, 0) is 4.74 Å². The van der Waals surface area contributed by atoms with Crippen molar-refractivity contribution in [1.82, 2.24) is 14.9 Å². The number of anilines is 1. The number of likely N-dealkylation sites (tertiary alicyclic amines) is 1. The molecule has 0 aliphatic carbocycles. The van der Waals surface area contributed by atoms with E-state index in [1.165, 1.54) is 6.20 Å². The normalized spacial score (nSPS) is 18.9. The molecule has 1 atom stereocenters. The van der Waals surface area contributed by atoms with Crippen LogP contribution in [0.4, 0.5) is 5.82 Å². The Morgan fingerprint density at radius 2 is 2.38 bits per heavy atom.